The number of carbonyl (C=O) groups is 2. The molecule has 0 spiro atoms. The molecule has 7 nitrogen and oxygen atoms in total. The zero-order valence-corrected chi connectivity index (χ0v) is 20.2. The lowest BCUT2D eigenvalue weighted by molar-refractivity contribution is 0.102. The Kier molecular flexibility index (Phi) is 6.36. The van der Waals surface area contributed by atoms with Crippen LogP contribution in [0.5, 0.6) is 5.75 Å². The van der Waals surface area contributed by atoms with Gasteiger partial charge in [-0.1, -0.05) is 39.0 Å². The molecule has 2 aromatic carbocycles. The zero-order valence-electron chi connectivity index (χ0n) is 20.2. The predicted octanol–water partition coefficient (Wildman–Crippen LogP) is 5.31. The normalized spacial score (nSPS) is 11.8. The molecule has 1 heterocycles. The van der Waals surface area contributed by atoms with Crippen molar-refractivity contribution in [3.63, 3.8) is 0 Å². The number of ether oxygens (including phenoxy) is 1. The van der Waals surface area contributed by atoms with E-state index in [0.717, 1.165) is 5.56 Å². The molecule has 3 aromatic rings. The minimum Gasteiger partial charge on any atom is -0.410 e. The fraction of sp³-hybridized carbons (Fsp3) is 0.346. The van der Waals surface area contributed by atoms with Crippen molar-refractivity contribution >= 4 is 28.6 Å². The number of benzene rings is 2. The second-order valence-electron chi connectivity index (χ2n) is 10.1. The van der Waals surface area contributed by atoms with Gasteiger partial charge in [0.25, 0.3) is 5.91 Å². The van der Waals surface area contributed by atoms with Crippen molar-refractivity contribution in [1.29, 1.82) is 0 Å². The average molecular weight is 450 g/mol. The number of aromatic nitrogens is 1. The maximum atomic E-state index is 12.9. The van der Waals surface area contributed by atoms with Gasteiger partial charge in [-0.25, -0.2) is 4.79 Å². The number of fused-ring (bicyclic) bond motifs is 1. The molecule has 2 amide bonds. The van der Waals surface area contributed by atoms with Gasteiger partial charge in [-0.2, -0.15) is 0 Å². The molecule has 0 saturated carbocycles. The van der Waals surface area contributed by atoms with Gasteiger partial charge in [0.2, 0.25) is 5.43 Å². The predicted molar refractivity (Wildman–Crippen MR) is 131 cm³/mol. The molecule has 0 aliphatic carbocycles. The van der Waals surface area contributed by atoms with Gasteiger partial charge in [0, 0.05) is 47.0 Å². The summed E-state index contributed by atoms with van der Waals surface area (Å²) in [5.74, 6) is -0.191. The molecule has 7 heteroatoms. The molecule has 174 valence electrons. The van der Waals surface area contributed by atoms with E-state index in [0.29, 0.717) is 22.3 Å². The van der Waals surface area contributed by atoms with Crippen LogP contribution in [0.2, 0.25) is 0 Å². The third kappa shape index (κ3) is 5.25. The Balaban J connectivity index is 1.94. The van der Waals surface area contributed by atoms with Crippen molar-refractivity contribution in [1.82, 2.24) is 9.88 Å². The number of anilines is 1. The average Bonchev–Trinajstić information content (AvgIpc) is 2.72. The van der Waals surface area contributed by atoms with Crippen LogP contribution < -0.4 is 15.5 Å². The van der Waals surface area contributed by atoms with Crippen LogP contribution >= 0.6 is 0 Å². The number of amides is 2. The van der Waals surface area contributed by atoms with Crippen LogP contribution in [-0.4, -0.2) is 34.5 Å². The van der Waals surface area contributed by atoms with Gasteiger partial charge in [0.1, 0.15) is 11.3 Å². The molecule has 0 bridgehead atoms. The first kappa shape index (κ1) is 24.0. The molecule has 3 rings (SSSR count). The van der Waals surface area contributed by atoms with Gasteiger partial charge in [-0.15, -0.1) is 0 Å². The van der Waals surface area contributed by atoms with Gasteiger partial charge in [0.05, 0.1) is 0 Å². The van der Waals surface area contributed by atoms with Crippen molar-refractivity contribution in [2.24, 2.45) is 0 Å². The highest BCUT2D eigenvalue weighted by molar-refractivity contribution is 6.05. The van der Waals surface area contributed by atoms with E-state index in [9.17, 15) is 14.4 Å². The van der Waals surface area contributed by atoms with Crippen LogP contribution in [0.15, 0.2) is 53.5 Å². The SMILES string of the molecule is CN(C(=O)Oc1cc(NC(=O)c2c[nH]c3ccccc3c2=O)ccc1C(C)(C)C)C(C)(C)C. The Morgan fingerprint density at radius 2 is 1.67 bits per heavy atom. The van der Waals surface area contributed by atoms with Crippen LogP contribution in [0.25, 0.3) is 10.9 Å². The van der Waals surface area contributed by atoms with Gasteiger partial charge in [-0.05, 0) is 44.4 Å². The molecule has 0 atom stereocenters. The first-order valence-electron chi connectivity index (χ1n) is 10.8. The number of aromatic amines is 1. The summed E-state index contributed by atoms with van der Waals surface area (Å²) in [5, 5.41) is 3.19. The molecular weight excluding hydrogens is 418 g/mol. The van der Waals surface area contributed by atoms with Crippen molar-refractivity contribution in [2.75, 3.05) is 12.4 Å². The maximum absolute atomic E-state index is 12.9. The standard InChI is InChI=1S/C26H31N3O4/c1-25(2,3)19-13-12-16(14-21(19)33-24(32)29(7)26(4,5)6)28-23(31)18-15-27-20-11-9-8-10-17(20)22(18)30/h8-15H,1-7H3,(H,27,30)(H,28,31). The molecular formula is C26H31N3O4. The first-order chi connectivity index (χ1) is 15.3. The second kappa shape index (κ2) is 8.73. The summed E-state index contributed by atoms with van der Waals surface area (Å²) in [5.41, 5.74) is 0.828. The van der Waals surface area contributed by atoms with E-state index in [1.807, 2.05) is 53.7 Å². The number of rotatable bonds is 3. The van der Waals surface area contributed by atoms with E-state index in [-0.39, 0.29) is 16.4 Å². The molecule has 2 N–H and O–H groups in total. The highest BCUT2D eigenvalue weighted by atomic mass is 16.6. The van der Waals surface area contributed by atoms with Crippen LogP contribution in [0.4, 0.5) is 10.5 Å². The highest BCUT2D eigenvalue weighted by Gasteiger charge is 2.27. The van der Waals surface area contributed by atoms with Crippen LogP contribution in [0.1, 0.15) is 57.5 Å². The first-order valence-corrected chi connectivity index (χ1v) is 10.8. The van der Waals surface area contributed by atoms with Gasteiger partial charge in [0.15, 0.2) is 0 Å². The van der Waals surface area contributed by atoms with Crippen LogP contribution in [0.3, 0.4) is 0 Å². The summed E-state index contributed by atoms with van der Waals surface area (Å²) in [4.78, 5) is 42.9. The van der Waals surface area contributed by atoms with Crippen molar-refractivity contribution < 1.29 is 14.3 Å². The molecule has 0 saturated heterocycles. The fourth-order valence-electron chi connectivity index (χ4n) is 3.28. The van der Waals surface area contributed by atoms with Crippen molar-refractivity contribution in [3.05, 3.63) is 70.0 Å². The second-order valence-corrected chi connectivity index (χ2v) is 10.1. The monoisotopic (exact) mass is 449 g/mol. The number of para-hydroxylation sites is 1. The molecule has 0 aliphatic heterocycles. The number of nitrogens with one attached hydrogen (secondary N) is 2. The molecule has 0 radical (unpaired) electrons. The Morgan fingerprint density at radius 1 is 1.00 bits per heavy atom. The Bertz CT molecular complexity index is 1260. The third-order valence-corrected chi connectivity index (χ3v) is 5.56. The minimum atomic E-state index is -0.547. The van der Waals surface area contributed by atoms with E-state index < -0.39 is 17.5 Å². The van der Waals surface area contributed by atoms with Crippen molar-refractivity contribution in [2.45, 2.75) is 52.5 Å². The number of nitrogens with zero attached hydrogens (tertiary/aromatic N) is 1. The van der Waals surface area contributed by atoms with Crippen LogP contribution in [0, 0.1) is 0 Å². The Hall–Kier alpha value is -3.61. The van der Waals surface area contributed by atoms with Crippen LogP contribution in [-0.2, 0) is 5.41 Å². The summed E-state index contributed by atoms with van der Waals surface area (Å²) in [7, 11) is 1.68. The lowest BCUT2D eigenvalue weighted by atomic mass is 9.86. The number of H-pyrrole nitrogens is 1. The lowest BCUT2D eigenvalue weighted by Crippen LogP contribution is -2.44. The highest BCUT2D eigenvalue weighted by Crippen LogP contribution is 2.34. The van der Waals surface area contributed by atoms with E-state index >= 15 is 0 Å². The largest absolute Gasteiger partial charge is 0.415 e. The van der Waals surface area contributed by atoms with Gasteiger partial charge in [-0.3, -0.25) is 9.59 Å². The topological polar surface area (TPSA) is 91.5 Å². The van der Waals surface area contributed by atoms with Gasteiger partial charge < -0.3 is 19.9 Å². The maximum Gasteiger partial charge on any atom is 0.415 e. The Morgan fingerprint density at radius 3 is 2.30 bits per heavy atom. The molecule has 0 unspecified atom stereocenters. The molecule has 1 aromatic heterocycles. The van der Waals surface area contributed by atoms with Crippen molar-refractivity contribution in [3.8, 4) is 5.75 Å². The van der Waals surface area contributed by atoms with Gasteiger partial charge >= 0.3 is 6.09 Å². The fourth-order valence-corrected chi connectivity index (χ4v) is 3.28. The lowest BCUT2D eigenvalue weighted by Gasteiger charge is -2.32. The third-order valence-electron chi connectivity index (χ3n) is 5.56. The zero-order chi connectivity index (χ0) is 24.6. The summed E-state index contributed by atoms with van der Waals surface area (Å²) in [6.07, 6.45) is 0.908. The van der Waals surface area contributed by atoms with E-state index in [2.05, 4.69) is 10.3 Å². The summed E-state index contributed by atoms with van der Waals surface area (Å²) < 4.78 is 5.74. The molecule has 33 heavy (non-hydrogen) atoms. The molecule has 0 aliphatic rings. The summed E-state index contributed by atoms with van der Waals surface area (Å²) >= 11 is 0. The smallest absolute Gasteiger partial charge is 0.410 e. The number of hydrogen-bond donors (Lipinski definition) is 2. The molecule has 0 fully saturated rings. The van der Waals surface area contributed by atoms with E-state index in [1.54, 1.807) is 37.4 Å². The summed E-state index contributed by atoms with van der Waals surface area (Å²) in [6, 6.07) is 12.2. The number of pyridine rings is 1. The summed E-state index contributed by atoms with van der Waals surface area (Å²) in [6.45, 7) is 11.8. The minimum absolute atomic E-state index is 0.000362. The van der Waals surface area contributed by atoms with E-state index in [1.165, 1.54) is 11.1 Å². The van der Waals surface area contributed by atoms with E-state index in [4.69, 9.17) is 4.74 Å². The Labute approximate surface area is 193 Å². The number of hydrogen-bond acceptors (Lipinski definition) is 4. The number of carbonyl (C=O) groups excluding carboxylic acids is 2. The quantitative estimate of drug-likeness (QED) is 0.567.